The van der Waals surface area contributed by atoms with Gasteiger partial charge in [-0.25, -0.2) is 0 Å². The first-order valence-electron chi connectivity index (χ1n) is 5.49. The number of hydrogen-bond acceptors (Lipinski definition) is 5. The largest absolute Gasteiger partial charge is 0.468 e. The average molecular weight is 261 g/mol. The molecular formula is C12H11N3O4. The van der Waals surface area contributed by atoms with Crippen LogP contribution in [0.1, 0.15) is 11.1 Å². The van der Waals surface area contributed by atoms with E-state index >= 15 is 0 Å². The maximum absolute atomic E-state index is 11.3. The Hall–Kier alpha value is -2.70. The fourth-order valence-electron chi connectivity index (χ4n) is 1.56. The van der Waals surface area contributed by atoms with E-state index in [4.69, 9.17) is 4.74 Å². The smallest absolute Gasteiger partial charge is 0.395 e. The second-order valence-electron chi connectivity index (χ2n) is 3.86. The molecule has 2 rings (SSSR count). The number of nitrogens with zero attached hydrogens (tertiary/aromatic N) is 2. The number of rotatable bonds is 4. The van der Waals surface area contributed by atoms with Crippen molar-refractivity contribution < 1.29 is 9.66 Å². The highest BCUT2D eigenvalue weighted by Gasteiger charge is 2.22. The summed E-state index contributed by atoms with van der Waals surface area (Å²) in [6.45, 7) is 2.02. The average Bonchev–Trinajstić information content (AvgIpc) is 2.37. The molecule has 7 heteroatoms. The van der Waals surface area contributed by atoms with E-state index in [2.05, 4.69) is 9.97 Å². The molecule has 0 aliphatic rings. The first-order chi connectivity index (χ1) is 9.09. The normalized spacial score (nSPS) is 10.2. The SMILES string of the molecule is Cc1ccccc1COc1nc[nH]c(=O)c1[N+](=O)[O-]. The van der Waals surface area contributed by atoms with Gasteiger partial charge in [-0.05, 0) is 18.1 Å². The molecule has 0 amide bonds. The van der Waals surface area contributed by atoms with Gasteiger partial charge < -0.3 is 9.72 Å². The molecule has 0 bridgehead atoms. The van der Waals surface area contributed by atoms with Gasteiger partial charge in [0.1, 0.15) is 6.61 Å². The third-order valence-electron chi connectivity index (χ3n) is 2.60. The third-order valence-corrected chi connectivity index (χ3v) is 2.60. The molecule has 98 valence electrons. The number of ether oxygens (including phenoxy) is 1. The number of nitro groups is 1. The minimum Gasteiger partial charge on any atom is -0.468 e. The van der Waals surface area contributed by atoms with E-state index in [0.717, 1.165) is 17.5 Å². The number of nitrogens with one attached hydrogen (secondary N) is 1. The predicted octanol–water partition coefficient (Wildman–Crippen LogP) is 1.57. The van der Waals surface area contributed by atoms with Gasteiger partial charge >= 0.3 is 17.1 Å². The zero-order valence-electron chi connectivity index (χ0n) is 10.1. The molecule has 0 unspecified atom stereocenters. The molecule has 1 heterocycles. The summed E-state index contributed by atoms with van der Waals surface area (Å²) in [4.78, 5) is 27.2. The van der Waals surface area contributed by atoms with E-state index in [1.165, 1.54) is 0 Å². The van der Waals surface area contributed by atoms with E-state index in [9.17, 15) is 14.9 Å². The van der Waals surface area contributed by atoms with Crippen molar-refractivity contribution in [2.24, 2.45) is 0 Å². The molecule has 1 aromatic heterocycles. The van der Waals surface area contributed by atoms with Gasteiger partial charge in [0.05, 0.1) is 11.3 Å². The Kier molecular flexibility index (Phi) is 3.56. The lowest BCUT2D eigenvalue weighted by molar-refractivity contribution is -0.387. The lowest BCUT2D eigenvalue weighted by Crippen LogP contribution is -2.14. The van der Waals surface area contributed by atoms with E-state index < -0.39 is 16.2 Å². The molecule has 0 fully saturated rings. The molecule has 2 aromatic rings. The molecule has 0 spiro atoms. The number of aryl methyl sites for hydroxylation is 1. The monoisotopic (exact) mass is 261 g/mol. The third kappa shape index (κ3) is 2.76. The predicted molar refractivity (Wildman–Crippen MR) is 67.0 cm³/mol. The summed E-state index contributed by atoms with van der Waals surface area (Å²) >= 11 is 0. The topological polar surface area (TPSA) is 98.1 Å². The van der Waals surface area contributed by atoms with E-state index in [1.807, 2.05) is 31.2 Å². The summed E-state index contributed by atoms with van der Waals surface area (Å²) < 4.78 is 5.27. The van der Waals surface area contributed by atoms with Gasteiger partial charge in [-0.15, -0.1) is 0 Å². The number of hydrogen-bond donors (Lipinski definition) is 1. The summed E-state index contributed by atoms with van der Waals surface area (Å²) in [6.07, 6.45) is 1.07. The second-order valence-corrected chi connectivity index (χ2v) is 3.86. The fraction of sp³-hybridized carbons (Fsp3) is 0.167. The van der Waals surface area contributed by atoms with Gasteiger partial charge in [0, 0.05) is 0 Å². The van der Waals surface area contributed by atoms with Gasteiger partial charge in [-0.3, -0.25) is 14.9 Å². The Morgan fingerprint density at radius 3 is 2.84 bits per heavy atom. The van der Waals surface area contributed by atoms with Crippen LogP contribution < -0.4 is 10.3 Å². The van der Waals surface area contributed by atoms with Crippen LogP contribution in [-0.2, 0) is 6.61 Å². The zero-order chi connectivity index (χ0) is 13.8. The van der Waals surface area contributed by atoms with E-state index in [-0.39, 0.29) is 12.5 Å². The van der Waals surface area contributed by atoms with Gasteiger partial charge in [0.25, 0.3) is 0 Å². The van der Waals surface area contributed by atoms with Gasteiger partial charge in [0.15, 0.2) is 0 Å². The van der Waals surface area contributed by atoms with Crippen molar-refractivity contribution in [1.29, 1.82) is 0 Å². The summed E-state index contributed by atoms with van der Waals surface area (Å²) in [7, 11) is 0. The van der Waals surface area contributed by atoms with Gasteiger partial charge in [0.2, 0.25) is 0 Å². The Bertz CT molecular complexity index is 666. The first kappa shape index (κ1) is 12.7. The van der Waals surface area contributed by atoms with Crippen LogP contribution in [0.15, 0.2) is 35.4 Å². The molecular weight excluding hydrogens is 250 g/mol. The summed E-state index contributed by atoms with van der Waals surface area (Å²) in [5.74, 6) is -0.281. The maximum atomic E-state index is 11.3. The lowest BCUT2D eigenvalue weighted by atomic mass is 10.1. The Morgan fingerprint density at radius 2 is 2.16 bits per heavy atom. The van der Waals surface area contributed by atoms with Crippen molar-refractivity contribution in [2.45, 2.75) is 13.5 Å². The Balaban J connectivity index is 2.26. The van der Waals surface area contributed by atoms with E-state index in [1.54, 1.807) is 0 Å². The molecule has 19 heavy (non-hydrogen) atoms. The lowest BCUT2D eigenvalue weighted by Gasteiger charge is -2.07. The summed E-state index contributed by atoms with van der Waals surface area (Å²) in [6, 6.07) is 7.46. The minimum absolute atomic E-state index is 0.115. The number of benzene rings is 1. The number of aromatic nitrogens is 2. The molecule has 0 radical (unpaired) electrons. The first-order valence-corrected chi connectivity index (χ1v) is 5.49. The van der Waals surface area contributed by atoms with Crippen LogP contribution >= 0.6 is 0 Å². The molecule has 0 saturated heterocycles. The summed E-state index contributed by atoms with van der Waals surface area (Å²) in [5.41, 5.74) is 0.352. The van der Waals surface area contributed by atoms with Crippen LogP contribution in [0.2, 0.25) is 0 Å². The standard InChI is InChI=1S/C12H11N3O4/c1-8-4-2-3-5-9(8)6-19-12-10(15(17)18)11(16)13-7-14-12/h2-5,7H,6H2,1H3,(H,13,14,16). The van der Waals surface area contributed by atoms with E-state index in [0.29, 0.717) is 0 Å². The molecule has 0 saturated carbocycles. The Labute approximate surface area is 108 Å². The minimum atomic E-state index is -0.834. The molecule has 1 aromatic carbocycles. The number of H-pyrrole nitrogens is 1. The van der Waals surface area contributed by atoms with Crippen molar-refractivity contribution >= 4 is 5.69 Å². The Morgan fingerprint density at radius 1 is 1.42 bits per heavy atom. The van der Waals surface area contributed by atoms with Crippen molar-refractivity contribution in [2.75, 3.05) is 0 Å². The van der Waals surface area contributed by atoms with Crippen LogP contribution in [0.4, 0.5) is 5.69 Å². The molecule has 7 nitrogen and oxygen atoms in total. The van der Waals surface area contributed by atoms with Crippen molar-refractivity contribution in [3.05, 3.63) is 62.2 Å². The highest BCUT2D eigenvalue weighted by atomic mass is 16.6. The van der Waals surface area contributed by atoms with Crippen molar-refractivity contribution in [1.82, 2.24) is 9.97 Å². The van der Waals surface area contributed by atoms with Crippen molar-refractivity contribution in [3.8, 4) is 5.88 Å². The van der Waals surface area contributed by atoms with Crippen molar-refractivity contribution in [3.63, 3.8) is 0 Å². The highest BCUT2D eigenvalue weighted by Crippen LogP contribution is 2.19. The summed E-state index contributed by atoms with van der Waals surface area (Å²) in [5, 5.41) is 10.8. The van der Waals surface area contributed by atoms with Crippen LogP contribution in [-0.4, -0.2) is 14.9 Å². The van der Waals surface area contributed by atoms with Gasteiger partial charge in [-0.1, -0.05) is 24.3 Å². The van der Waals surface area contributed by atoms with Crippen LogP contribution in [0.3, 0.4) is 0 Å². The number of aromatic amines is 1. The van der Waals surface area contributed by atoms with Gasteiger partial charge in [-0.2, -0.15) is 4.98 Å². The van der Waals surface area contributed by atoms with Crippen LogP contribution in [0.5, 0.6) is 5.88 Å². The zero-order valence-corrected chi connectivity index (χ0v) is 10.1. The molecule has 0 atom stereocenters. The quantitative estimate of drug-likeness (QED) is 0.665. The maximum Gasteiger partial charge on any atom is 0.395 e. The van der Waals surface area contributed by atoms with Crippen LogP contribution in [0.25, 0.3) is 0 Å². The molecule has 0 aliphatic heterocycles. The molecule has 1 N–H and O–H groups in total. The fourth-order valence-corrected chi connectivity index (χ4v) is 1.56. The highest BCUT2D eigenvalue weighted by molar-refractivity contribution is 5.37. The second kappa shape index (κ2) is 5.30. The van der Waals surface area contributed by atoms with Crippen LogP contribution in [0, 0.1) is 17.0 Å². The molecule has 0 aliphatic carbocycles.